The number of nitrogen functional groups attached to an aromatic ring is 1. The summed E-state index contributed by atoms with van der Waals surface area (Å²) in [5, 5.41) is 11.3. The number of aromatic nitrogens is 2. The second kappa shape index (κ2) is 11.1. The summed E-state index contributed by atoms with van der Waals surface area (Å²) in [6, 6.07) is 19.7. The van der Waals surface area contributed by atoms with Crippen LogP contribution in [0.15, 0.2) is 75.5 Å². The molecule has 178 valence electrons. The molecule has 9 nitrogen and oxygen atoms in total. The number of hydrogen-bond donors (Lipinski definition) is 4. The van der Waals surface area contributed by atoms with E-state index in [1.54, 1.807) is 0 Å². The minimum Gasteiger partial charge on any atom is -0.399 e. The molecular weight excluding hydrogens is 446 g/mol. The Morgan fingerprint density at radius 2 is 1.85 bits per heavy atom. The Bertz CT molecular complexity index is 1130. The molecule has 2 aromatic carbocycles. The SMILES string of the molecule is CC(N=C(N=C(N)N1CCN(C)CC1)Sc1cccc(N)c1)Nc1cc(-c2ccccc2)[nH]n1. The highest BCUT2D eigenvalue weighted by Crippen LogP contribution is 2.24. The van der Waals surface area contributed by atoms with E-state index in [0.717, 1.165) is 42.3 Å². The Balaban J connectivity index is 1.51. The number of thioether (sulfide) groups is 1. The molecule has 1 fully saturated rings. The molecule has 0 amide bonds. The number of benzene rings is 2. The summed E-state index contributed by atoms with van der Waals surface area (Å²) in [6.45, 7) is 5.53. The van der Waals surface area contributed by atoms with Gasteiger partial charge in [-0.05, 0) is 49.5 Å². The van der Waals surface area contributed by atoms with Crippen molar-refractivity contribution in [3.63, 3.8) is 0 Å². The van der Waals surface area contributed by atoms with E-state index in [2.05, 4.69) is 32.4 Å². The maximum absolute atomic E-state index is 6.38. The standard InChI is InChI=1S/C24H31N9S/c1-17(27-22-16-21(30-31-22)18-7-4-3-5-8-18)28-24(34-20-10-6-9-19(25)15-20)29-23(26)33-13-11-32(2)12-14-33/h3-10,15-17H,11-14,25H2,1-2H3,(H2,26,28,29)(H2,27,30,31). The van der Waals surface area contributed by atoms with Crippen LogP contribution in [0.3, 0.4) is 0 Å². The van der Waals surface area contributed by atoms with Crippen LogP contribution in [0.2, 0.25) is 0 Å². The summed E-state index contributed by atoms with van der Waals surface area (Å²) in [5.41, 5.74) is 15.0. The first-order valence-electron chi connectivity index (χ1n) is 11.2. The zero-order valence-corrected chi connectivity index (χ0v) is 20.3. The topological polar surface area (TPSA) is 124 Å². The van der Waals surface area contributed by atoms with E-state index in [4.69, 9.17) is 21.5 Å². The average Bonchev–Trinajstić information content (AvgIpc) is 3.28. The third-order valence-electron chi connectivity index (χ3n) is 5.43. The van der Waals surface area contributed by atoms with E-state index in [1.165, 1.54) is 11.8 Å². The van der Waals surface area contributed by atoms with Crippen molar-refractivity contribution >= 4 is 34.4 Å². The first-order valence-corrected chi connectivity index (χ1v) is 12.0. The third kappa shape index (κ3) is 6.52. The van der Waals surface area contributed by atoms with Gasteiger partial charge in [-0.2, -0.15) is 10.1 Å². The Labute approximate surface area is 204 Å². The number of aliphatic imine (C=N–C) groups is 2. The lowest BCUT2D eigenvalue weighted by Gasteiger charge is -2.33. The molecule has 1 aliphatic heterocycles. The molecule has 3 aromatic rings. The summed E-state index contributed by atoms with van der Waals surface area (Å²) < 4.78 is 0. The Kier molecular flexibility index (Phi) is 7.71. The zero-order valence-electron chi connectivity index (χ0n) is 19.5. The normalized spacial score (nSPS) is 16.5. The van der Waals surface area contributed by atoms with Crippen LogP contribution in [-0.2, 0) is 0 Å². The van der Waals surface area contributed by atoms with Crippen molar-refractivity contribution in [3.8, 4) is 11.3 Å². The Morgan fingerprint density at radius 1 is 1.09 bits per heavy atom. The molecular formula is C24H31N9S. The number of guanidine groups is 1. The maximum Gasteiger partial charge on any atom is 0.198 e. The smallest absolute Gasteiger partial charge is 0.198 e. The fraction of sp³-hybridized carbons (Fsp3) is 0.292. The van der Waals surface area contributed by atoms with E-state index >= 15 is 0 Å². The number of nitrogens with one attached hydrogen (secondary N) is 2. The van der Waals surface area contributed by atoms with Gasteiger partial charge in [0.25, 0.3) is 0 Å². The van der Waals surface area contributed by atoms with Crippen LogP contribution < -0.4 is 16.8 Å². The second-order valence-electron chi connectivity index (χ2n) is 8.20. The summed E-state index contributed by atoms with van der Waals surface area (Å²) in [7, 11) is 2.11. The predicted molar refractivity (Wildman–Crippen MR) is 142 cm³/mol. The highest BCUT2D eigenvalue weighted by atomic mass is 32.2. The molecule has 1 saturated heterocycles. The highest BCUT2D eigenvalue weighted by Gasteiger charge is 2.17. The van der Waals surface area contributed by atoms with E-state index in [-0.39, 0.29) is 6.17 Å². The van der Waals surface area contributed by atoms with Gasteiger partial charge in [0.1, 0.15) is 12.0 Å². The highest BCUT2D eigenvalue weighted by molar-refractivity contribution is 8.14. The number of rotatable bonds is 5. The van der Waals surface area contributed by atoms with Crippen molar-refractivity contribution in [1.82, 2.24) is 20.0 Å². The molecule has 0 spiro atoms. The van der Waals surface area contributed by atoms with Gasteiger partial charge in [-0.3, -0.25) is 5.10 Å². The van der Waals surface area contributed by atoms with Gasteiger partial charge in [0.15, 0.2) is 11.1 Å². The third-order valence-corrected chi connectivity index (χ3v) is 6.30. The summed E-state index contributed by atoms with van der Waals surface area (Å²) in [5.74, 6) is 1.18. The molecule has 1 unspecified atom stereocenters. The first-order chi connectivity index (χ1) is 16.5. The number of nitrogens with zero attached hydrogens (tertiary/aromatic N) is 5. The van der Waals surface area contributed by atoms with Crippen LogP contribution in [0.5, 0.6) is 0 Å². The van der Waals surface area contributed by atoms with E-state index in [9.17, 15) is 0 Å². The van der Waals surface area contributed by atoms with Crippen LogP contribution >= 0.6 is 11.8 Å². The Hall–Kier alpha value is -3.50. The van der Waals surface area contributed by atoms with Gasteiger partial charge in [0.2, 0.25) is 0 Å². The number of nitrogens with two attached hydrogens (primary N) is 2. The number of piperazine rings is 1. The van der Waals surface area contributed by atoms with Crippen LogP contribution in [0.4, 0.5) is 11.5 Å². The van der Waals surface area contributed by atoms with Crippen LogP contribution in [0, 0.1) is 0 Å². The van der Waals surface area contributed by atoms with E-state index in [0.29, 0.717) is 22.6 Å². The number of amidine groups is 1. The molecule has 0 radical (unpaired) electrons. The van der Waals surface area contributed by atoms with Gasteiger partial charge in [0, 0.05) is 42.8 Å². The zero-order chi connectivity index (χ0) is 23.9. The molecule has 1 aliphatic rings. The molecule has 2 heterocycles. The molecule has 6 N–H and O–H groups in total. The molecule has 0 saturated carbocycles. The van der Waals surface area contributed by atoms with Crippen molar-refractivity contribution < 1.29 is 0 Å². The average molecular weight is 478 g/mol. The molecule has 0 bridgehead atoms. The first kappa shape index (κ1) is 23.7. The lowest BCUT2D eigenvalue weighted by molar-refractivity contribution is 0.214. The van der Waals surface area contributed by atoms with Crippen molar-refractivity contribution in [1.29, 1.82) is 0 Å². The monoisotopic (exact) mass is 477 g/mol. The van der Waals surface area contributed by atoms with E-state index in [1.807, 2.05) is 67.6 Å². The minimum absolute atomic E-state index is 0.278. The van der Waals surface area contributed by atoms with Crippen molar-refractivity contribution in [3.05, 3.63) is 60.7 Å². The Morgan fingerprint density at radius 3 is 2.59 bits per heavy atom. The predicted octanol–water partition coefficient (Wildman–Crippen LogP) is 3.13. The van der Waals surface area contributed by atoms with Gasteiger partial charge >= 0.3 is 0 Å². The van der Waals surface area contributed by atoms with Crippen molar-refractivity contribution in [2.45, 2.75) is 18.0 Å². The van der Waals surface area contributed by atoms with Gasteiger partial charge in [0.05, 0.1) is 5.69 Å². The molecule has 1 atom stereocenters. The van der Waals surface area contributed by atoms with Crippen molar-refractivity contribution in [2.75, 3.05) is 44.3 Å². The summed E-state index contributed by atoms with van der Waals surface area (Å²) in [4.78, 5) is 14.8. The lowest BCUT2D eigenvalue weighted by atomic mass is 10.2. The van der Waals surface area contributed by atoms with Crippen LogP contribution in [0.1, 0.15) is 6.92 Å². The largest absolute Gasteiger partial charge is 0.399 e. The number of likely N-dealkylation sites (N-methyl/N-ethyl adjacent to an activating group) is 1. The molecule has 10 heteroatoms. The second-order valence-corrected chi connectivity index (χ2v) is 9.24. The summed E-state index contributed by atoms with van der Waals surface area (Å²) in [6.07, 6.45) is -0.278. The molecule has 34 heavy (non-hydrogen) atoms. The van der Waals surface area contributed by atoms with Crippen LogP contribution in [-0.4, -0.2) is 70.5 Å². The number of H-pyrrole nitrogens is 1. The number of aromatic amines is 1. The number of anilines is 2. The lowest BCUT2D eigenvalue weighted by Crippen LogP contribution is -2.50. The molecule has 0 aliphatic carbocycles. The molecule has 4 rings (SSSR count). The number of hydrogen-bond acceptors (Lipinski definition) is 6. The van der Waals surface area contributed by atoms with Gasteiger partial charge in [-0.25, -0.2) is 4.99 Å². The fourth-order valence-electron chi connectivity index (χ4n) is 3.54. The minimum atomic E-state index is -0.278. The fourth-order valence-corrected chi connectivity index (χ4v) is 4.44. The maximum atomic E-state index is 6.38. The van der Waals surface area contributed by atoms with E-state index < -0.39 is 0 Å². The van der Waals surface area contributed by atoms with Gasteiger partial charge < -0.3 is 26.6 Å². The van der Waals surface area contributed by atoms with Crippen LogP contribution in [0.25, 0.3) is 11.3 Å². The quantitative estimate of drug-likeness (QED) is 0.193. The van der Waals surface area contributed by atoms with Gasteiger partial charge in [-0.1, -0.05) is 36.4 Å². The van der Waals surface area contributed by atoms with Crippen molar-refractivity contribution in [2.24, 2.45) is 15.7 Å². The van der Waals surface area contributed by atoms with Gasteiger partial charge in [-0.15, -0.1) is 0 Å². The summed E-state index contributed by atoms with van der Waals surface area (Å²) >= 11 is 1.43. The molecule has 1 aromatic heterocycles.